The molecule has 0 fully saturated rings. The number of hydrogen-bond donors (Lipinski definition) is 1. The molecule has 0 unspecified atom stereocenters. The lowest BCUT2D eigenvalue weighted by atomic mass is 10.1. The van der Waals surface area contributed by atoms with Gasteiger partial charge < -0.3 is 5.32 Å². The van der Waals surface area contributed by atoms with E-state index in [0.29, 0.717) is 0 Å². The Labute approximate surface area is 117 Å². The van der Waals surface area contributed by atoms with Crippen molar-refractivity contribution in [3.8, 4) is 0 Å². The second-order valence-electron chi connectivity index (χ2n) is 5.07. The summed E-state index contributed by atoms with van der Waals surface area (Å²) in [5.74, 6) is 0. The monoisotopic (exact) mass is 255 g/mol. The van der Waals surface area contributed by atoms with E-state index in [4.69, 9.17) is 0 Å². The van der Waals surface area contributed by atoms with Gasteiger partial charge >= 0.3 is 0 Å². The van der Waals surface area contributed by atoms with E-state index < -0.39 is 0 Å². The maximum Gasteiger partial charge on any atom is 0.0384 e. The molecule has 1 aromatic rings. The summed E-state index contributed by atoms with van der Waals surface area (Å²) in [6, 6.07) is 6.42. The molecule has 1 N–H and O–H groups in total. The number of benzene rings is 1. The van der Waals surface area contributed by atoms with Gasteiger partial charge in [-0.2, -0.15) is 0 Å². The zero-order valence-corrected chi connectivity index (χ0v) is 12.6. The van der Waals surface area contributed by atoms with Crippen LogP contribution in [0.2, 0.25) is 0 Å². The second-order valence-corrected chi connectivity index (χ2v) is 5.07. The predicted octanol–water partition coefficient (Wildman–Crippen LogP) is 5.53. The van der Waals surface area contributed by atoms with Crippen LogP contribution in [0.25, 0.3) is 0 Å². The van der Waals surface area contributed by atoms with E-state index in [1.54, 1.807) is 0 Å². The molecule has 1 heteroatoms. The Hall–Kier alpha value is -1.76. The summed E-state index contributed by atoms with van der Waals surface area (Å²) in [4.78, 5) is 0. The quantitative estimate of drug-likeness (QED) is 0.659. The Morgan fingerprint density at radius 3 is 2.58 bits per heavy atom. The van der Waals surface area contributed by atoms with Crippen molar-refractivity contribution in [1.29, 1.82) is 0 Å². The predicted molar refractivity (Wildman–Crippen MR) is 86.5 cm³/mol. The molecule has 0 amide bonds. The van der Waals surface area contributed by atoms with E-state index >= 15 is 0 Å². The van der Waals surface area contributed by atoms with E-state index in [2.05, 4.69) is 63.0 Å². The molecule has 0 spiro atoms. The molecular weight excluding hydrogens is 230 g/mol. The van der Waals surface area contributed by atoms with Crippen molar-refractivity contribution in [3.05, 3.63) is 65.4 Å². The van der Waals surface area contributed by atoms with Gasteiger partial charge in [-0.05, 0) is 63.8 Å². The smallest absolute Gasteiger partial charge is 0.0384 e. The second kappa shape index (κ2) is 7.63. The number of rotatable bonds is 6. The molecule has 0 aliphatic heterocycles. The Morgan fingerprint density at radius 1 is 1.21 bits per heavy atom. The van der Waals surface area contributed by atoms with Gasteiger partial charge in [-0.25, -0.2) is 0 Å². The molecule has 0 bridgehead atoms. The van der Waals surface area contributed by atoms with Gasteiger partial charge in [-0.15, -0.1) is 0 Å². The molecule has 1 rings (SSSR count). The van der Waals surface area contributed by atoms with Gasteiger partial charge in [0.15, 0.2) is 0 Å². The van der Waals surface area contributed by atoms with Crippen LogP contribution in [0, 0.1) is 13.8 Å². The fourth-order valence-corrected chi connectivity index (χ4v) is 1.78. The topological polar surface area (TPSA) is 12.0 Å². The summed E-state index contributed by atoms with van der Waals surface area (Å²) in [6.45, 7) is 12.5. The largest absolute Gasteiger partial charge is 0.359 e. The minimum absolute atomic E-state index is 0.965. The normalized spacial score (nSPS) is 11.9. The van der Waals surface area contributed by atoms with Crippen molar-refractivity contribution in [2.75, 3.05) is 5.32 Å². The Balaban J connectivity index is 2.49. The lowest BCUT2D eigenvalue weighted by Crippen LogP contribution is -1.99. The standard InChI is InChI=1S/C18H25N/c1-6-7-8-14(2)9-11-17(5)19-18-12-10-15(3)16(4)13-18/h6-8,10,12-13,19H,5,9,11H2,1-4H3/b7-6-,14-8+. The Kier molecular flexibility index (Phi) is 6.14. The van der Waals surface area contributed by atoms with Crippen molar-refractivity contribution in [3.63, 3.8) is 0 Å². The third-order valence-electron chi connectivity index (χ3n) is 3.22. The van der Waals surface area contributed by atoms with Crippen LogP contribution in [-0.4, -0.2) is 0 Å². The Bertz CT molecular complexity index is 492. The van der Waals surface area contributed by atoms with Gasteiger partial charge in [0.25, 0.3) is 0 Å². The van der Waals surface area contributed by atoms with E-state index in [1.807, 2.05) is 13.0 Å². The van der Waals surface area contributed by atoms with E-state index in [9.17, 15) is 0 Å². The number of hydrogen-bond acceptors (Lipinski definition) is 1. The molecule has 102 valence electrons. The third-order valence-corrected chi connectivity index (χ3v) is 3.22. The molecule has 19 heavy (non-hydrogen) atoms. The van der Waals surface area contributed by atoms with E-state index in [1.165, 1.54) is 16.7 Å². The number of aryl methyl sites for hydroxylation is 2. The molecule has 0 aliphatic rings. The molecule has 1 aromatic carbocycles. The van der Waals surface area contributed by atoms with E-state index in [-0.39, 0.29) is 0 Å². The van der Waals surface area contributed by atoms with Crippen molar-refractivity contribution < 1.29 is 0 Å². The van der Waals surface area contributed by atoms with Crippen LogP contribution in [0.5, 0.6) is 0 Å². The SMILES string of the molecule is C=C(CC/C(C)=C/C=C\C)Nc1ccc(C)c(C)c1. The summed E-state index contributed by atoms with van der Waals surface area (Å²) in [5.41, 5.74) is 6.20. The number of allylic oxidation sites excluding steroid dienone is 5. The average Bonchev–Trinajstić information content (AvgIpc) is 2.38. The first-order valence-electron chi connectivity index (χ1n) is 6.83. The highest BCUT2D eigenvalue weighted by atomic mass is 14.9. The first-order chi connectivity index (χ1) is 9.02. The van der Waals surface area contributed by atoms with Gasteiger partial charge in [0.1, 0.15) is 0 Å². The molecule has 0 saturated carbocycles. The van der Waals surface area contributed by atoms with Gasteiger partial charge in [0.05, 0.1) is 0 Å². The summed E-state index contributed by atoms with van der Waals surface area (Å²) < 4.78 is 0. The lowest BCUT2D eigenvalue weighted by Gasteiger charge is -2.11. The summed E-state index contributed by atoms with van der Waals surface area (Å²) in [5, 5.41) is 3.38. The molecule has 0 aliphatic carbocycles. The lowest BCUT2D eigenvalue weighted by molar-refractivity contribution is 0.932. The zero-order chi connectivity index (χ0) is 14.3. The maximum absolute atomic E-state index is 4.10. The molecule has 1 nitrogen and oxygen atoms in total. The third kappa shape index (κ3) is 5.60. The number of nitrogens with one attached hydrogen (secondary N) is 1. The van der Waals surface area contributed by atoms with Gasteiger partial charge in [0, 0.05) is 11.4 Å². The number of anilines is 1. The minimum Gasteiger partial charge on any atom is -0.359 e. The fourth-order valence-electron chi connectivity index (χ4n) is 1.78. The van der Waals surface area contributed by atoms with Crippen molar-refractivity contribution in [1.82, 2.24) is 0 Å². The molecular formula is C18H25N. The average molecular weight is 255 g/mol. The van der Waals surface area contributed by atoms with Crippen LogP contribution in [0.15, 0.2) is 54.3 Å². The highest BCUT2D eigenvalue weighted by Gasteiger charge is 1.99. The first-order valence-corrected chi connectivity index (χ1v) is 6.83. The van der Waals surface area contributed by atoms with Gasteiger partial charge in [-0.3, -0.25) is 0 Å². The van der Waals surface area contributed by atoms with Gasteiger partial charge in [-0.1, -0.05) is 36.4 Å². The minimum atomic E-state index is 0.965. The van der Waals surface area contributed by atoms with Crippen molar-refractivity contribution >= 4 is 5.69 Å². The maximum atomic E-state index is 4.10. The Morgan fingerprint density at radius 2 is 1.95 bits per heavy atom. The molecule has 0 saturated heterocycles. The van der Waals surface area contributed by atoms with Crippen LogP contribution in [0.3, 0.4) is 0 Å². The van der Waals surface area contributed by atoms with Crippen LogP contribution in [0.4, 0.5) is 5.69 Å². The van der Waals surface area contributed by atoms with Gasteiger partial charge in [0.2, 0.25) is 0 Å². The van der Waals surface area contributed by atoms with Crippen LogP contribution in [-0.2, 0) is 0 Å². The first kappa shape index (κ1) is 15.3. The van der Waals surface area contributed by atoms with Crippen LogP contribution < -0.4 is 5.32 Å². The van der Waals surface area contributed by atoms with Crippen molar-refractivity contribution in [2.24, 2.45) is 0 Å². The highest BCUT2D eigenvalue weighted by molar-refractivity contribution is 5.51. The highest BCUT2D eigenvalue weighted by Crippen LogP contribution is 2.18. The summed E-state index contributed by atoms with van der Waals surface area (Å²) in [6.07, 6.45) is 8.29. The van der Waals surface area contributed by atoms with E-state index in [0.717, 1.165) is 24.2 Å². The molecule has 0 atom stereocenters. The summed E-state index contributed by atoms with van der Waals surface area (Å²) >= 11 is 0. The molecule has 0 aromatic heterocycles. The van der Waals surface area contributed by atoms with Crippen molar-refractivity contribution in [2.45, 2.75) is 40.5 Å². The fraction of sp³-hybridized carbons (Fsp3) is 0.333. The van der Waals surface area contributed by atoms with Crippen LogP contribution in [0.1, 0.15) is 37.8 Å². The molecule has 0 radical (unpaired) electrons. The van der Waals surface area contributed by atoms with Crippen LogP contribution >= 0.6 is 0 Å². The zero-order valence-electron chi connectivity index (χ0n) is 12.6. The molecule has 0 heterocycles. The summed E-state index contributed by atoms with van der Waals surface area (Å²) in [7, 11) is 0.